The number of ether oxygens (including phenoxy) is 1. The first kappa shape index (κ1) is 21.0. The highest BCUT2D eigenvalue weighted by Gasteiger charge is 2.22. The number of para-hydroxylation sites is 2. The monoisotopic (exact) mass is 430 g/mol. The Balaban J connectivity index is 1.66. The number of benzene rings is 3. The largest absolute Gasteiger partial charge is 0.490 e. The lowest BCUT2D eigenvalue weighted by molar-refractivity contribution is -0.385. The van der Waals surface area contributed by atoms with E-state index < -0.39 is 10.8 Å². The van der Waals surface area contributed by atoms with Crippen molar-refractivity contribution < 1.29 is 14.5 Å². The molecule has 3 aromatic carbocycles. The predicted octanol–water partition coefficient (Wildman–Crippen LogP) is 4.20. The summed E-state index contributed by atoms with van der Waals surface area (Å²) in [5.74, 6) is 0.510. The molecule has 0 aliphatic heterocycles. The van der Waals surface area contributed by atoms with Gasteiger partial charge in [0.2, 0.25) is 0 Å². The van der Waals surface area contributed by atoms with E-state index in [-0.39, 0.29) is 23.0 Å². The average Bonchev–Trinajstić information content (AvgIpc) is 3.14. The summed E-state index contributed by atoms with van der Waals surface area (Å²) in [7, 11) is 3.30. The molecule has 1 heterocycles. The van der Waals surface area contributed by atoms with Gasteiger partial charge in [-0.15, -0.1) is 0 Å². The molecule has 162 valence electrons. The lowest BCUT2D eigenvalue weighted by Gasteiger charge is -2.19. The molecular formula is C24H22N4O4. The van der Waals surface area contributed by atoms with E-state index >= 15 is 0 Å². The lowest BCUT2D eigenvalue weighted by atomic mass is 10.0. The Bertz CT molecular complexity index is 1280. The zero-order chi connectivity index (χ0) is 22.7. The van der Waals surface area contributed by atoms with Crippen molar-refractivity contribution in [1.29, 1.82) is 0 Å². The highest BCUT2D eigenvalue weighted by Crippen LogP contribution is 2.28. The van der Waals surface area contributed by atoms with Gasteiger partial charge in [0.05, 0.1) is 29.1 Å². The Morgan fingerprint density at radius 1 is 1.12 bits per heavy atom. The fourth-order valence-electron chi connectivity index (χ4n) is 3.71. The first-order chi connectivity index (χ1) is 15.5. The summed E-state index contributed by atoms with van der Waals surface area (Å²) in [5, 5.41) is 14.4. The van der Waals surface area contributed by atoms with Crippen molar-refractivity contribution in [2.24, 2.45) is 7.05 Å². The number of rotatable bonds is 7. The molecule has 0 bridgehead atoms. The summed E-state index contributed by atoms with van der Waals surface area (Å²) >= 11 is 0. The van der Waals surface area contributed by atoms with Crippen LogP contribution in [0.15, 0.2) is 72.8 Å². The molecule has 0 fully saturated rings. The third kappa shape index (κ3) is 4.15. The van der Waals surface area contributed by atoms with E-state index in [0.29, 0.717) is 6.42 Å². The van der Waals surface area contributed by atoms with Gasteiger partial charge in [0.15, 0.2) is 5.75 Å². The van der Waals surface area contributed by atoms with Gasteiger partial charge in [0.25, 0.3) is 5.91 Å². The van der Waals surface area contributed by atoms with Crippen molar-refractivity contribution in [3.63, 3.8) is 0 Å². The van der Waals surface area contributed by atoms with Crippen molar-refractivity contribution in [3.8, 4) is 5.75 Å². The molecular weight excluding hydrogens is 408 g/mol. The van der Waals surface area contributed by atoms with Crippen molar-refractivity contribution in [2.75, 3.05) is 7.11 Å². The molecule has 1 N–H and O–H groups in total. The molecule has 0 spiro atoms. The normalized spacial score (nSPS) is 11.8. The van der Waals surface area contributed by atoms with Crippen LogP contribution < -0.4 is 10.1 Å². The van der Waals surface area contributed by atoms with E-state index in [9.17, 15) is 14.9 Å². The fraction of sp³-hybridized carbons (Fsp3) is 0.167. The van der Waals surface area contributed by atoms with Crippen LogP contribution in [0, 0.1) is 10.1 Å². The third-order valence-corrected chi connectivity index (χ3v) is 5.41. The highest BCUT2D eigenvalue weighted by atomic mass is 16.6. The number of carbonyl (C=O) groups is 1. The van der Waals surface area contributed by atoms with Gasteiger partial charge < -0.3 is 14.6 Å². The number of nitrogens with one attached hydrogen (secondary N) is 1. The van der Waals surface area contributed by atoms with Crippen LogP contribution in [0.25, 0.3) is 11.0 Å². The summed E-state index contributed by atoms with van der Waals surface area (Å²) in [6, 6.07) is 21.2. The van der Waals surface area contributed by atoms with Gasteiger partial charge in [-0.1, -0.05) is 42.5 Å². The molecule has 8 heteroatoms. The number of carbonyl (C=O) groups excluding carboxylic acids is 1. The number of amides is 1. The number of aromatic nitrogens is 2. The van der Waals surface area contributed by atoms with Crippen LogP contribution in [0.4, 0.5) is 5.69 Å². The summed E-state index contributed by atoms with van der Waals surface area (Å²) in [6.45, 7) is 0. The molecule has 8 nitrogen and oxygen atoms in total. The van der Waals surface area contributed by atoms with Gasteiger partial charge in [-0.3, -0.25) is 14.9 Å². The topological polar surface area (TPSA) is 99.3 Å². The van der Waals surface area contributed by atoms with Crippen LogP contribution in [-0.4, -0.2) is 27.5 Å². The third-order valence-electron chi connectivity index (χ3n) is 5.41. The van der Waals surface area contributed by atoms with Gasteiger partial charge in [-0.05, 0) is 29.8 Å². The standard InChI is InChI=1S/C24H22N4O4/c1-27-20-11-7-6-10-18(20)25-23(27)15-19(16-8-4-3-5-9-16)26-24(29)17-12-13-22(32-2)21(14-17)28(30)31/h3-14,19H,15H2,1-2H3,(H,26,29)/t19-/m1/s1. The number of aryl methyl sites for hydroxylation is 1. The molecule has 4 aromatic rings. The van der Waals surface area contributed by atoms with E-state index in [1.807, 2.05) is 66.2 Å². The molecule has 0 radical (unpaired) electrons. The first-order valence-electron chi connectivity index (χ1n) is 10.1. The molecule has 0 unspecified atom stereocenters. The van der Waals surface area contributed by atoms with Crippen LogP contribution >= 0.6 is 0 Å². The van der Waals surface area contributed by atoms with E-state index in [4.69, 9.17) is 9.72 Å². The minimum atomic E-state index is -0.566. The quantitative estimate of drug-likeness (QED) is 0.350. The second-order valence-electron chi connectivity index (χ2n) is 7.36. The lowest BCUT2D eigenvalue weighted by Crippen LogP contribution is -2.30. The number of nitro benzene ring substituents is 1. The Morgan fingerprint density at radius 2 is 1.84 bits per heavy atom. The zero-order valence-electron chi connectivity index (χ0n) is 17.7. The predicted molar refractivity (Wildman–Crippen MR) is 121 cm³/mol. The van der Waals surface area contributed by atoms with Crippen LogP contribution in [0.2, 0.25) is 0 Å². The number of hydrogen-bond donors (Lipinski definition) is 1. The number of methoxy groups -OCH3 is 1. The summed E-state index contributed by atoms with van der Waals surface area (Å²) in [4.78, 5) is 28.6. The summed E-state index contributed by atoms with van der Waals surface area (Å²) < 4.78 is 7.04. The van der Waals surface area contributed by atoms with Crippen molar-refractivity contribution >= 4 is 22.6 Å². The maximum absolute atomic E-state index is 13.0. The first-order valence-corrected chi connectivity index (χ1v) is 10.1. The smallest absolute Gasteiger partial charge is 0.311 e. The van der Waals surface area contributed by atoms with Crippen LogP contribution in [0.3, 0.4) is 0 Å². The maximum atomic E-state index is 13.0. The second kappa shape index (κ2) is 8.89. The van der Waals surface area contributed by atoms with Crippen LogP contribution in [0.1, 0.15) is 27.8 Å². The Morgan fingerprint density at radius 3 is 2.53 bits per heavy atom. The van der Waals surface area contributed by atoms with Gasteiger partial charge in [-0.25, -0.2) is 4.98 Å². The Kier molecular flexibility index (Phi) is 5.85. The number of imidazole rings is 1. The molecule has 0 aliphatic rings. The van der Waals surface area contributed by atoms with E-state index in [1.165, 1.54) is 25.3 Å². The zero-order valence-corrected chi connectivity index (χ0v) is 17.7. The average molecular weight is 430 g/mol. The van der Waals surface area contributed by atoms with E-state index in [0.717, 1.165) is 22.4 Å². The number of nitro groups is 1. The van der Waals surface area contributed by atoms with Gasteiger partial charge in [0.1, 0.15) is 5.82 Å². The van der Waals surface area contributed by atoms with Crippen molar-refractivity contribution in [1.82, 2.24) is 14.9 Å². The van der Waals surface area contributed by atoms with Crippen LogP contribution in [-0.2, 0) is 13.5 Å². The molecule has 1 atom stereocenters. The summed E-state index contributed by atoms with van der Waals surface area (Å²) in [5.41, 5.74) is 2.73. The SMILES string of the molecule is COc1ccc(C(=O)N[C@H](Cc2nc3ccccc3n2C)c2ccccc2)cc1[N+](=O)[O-]. The van der Waals surface area contributed by atoms with Crippen molar-refractivity contribution in [3.05, 3.63) is 99.9 Å². The van der Waals surface area contributed by atoms with Gasteiger partial charge >= 0.3 is 5.69 Å². The van der Waals surface area contributed by atoms with E-state index in [1.54, 1.807) is 0 Å². The molecule has 32 heavy (non-hydrogen) atoms. The molecule has 4 rings (SSSR count). The minimum absolute atomic E-state index is 0.103. The molecule has 1 aromatic heterocycles. The van der Waals surface area contributed by atoms with Crippen LogP contribution in [0.5, 0.6) is 5.75 Å². The van der Waals surface area contributed by atoms with Crippen molar-refractivity contribution in [2.45, 2.75) is 12.5 Å². The summed E-state index contributed by atoms with van der Waals surface area (Å²) in [6.07, 6.45) is 0.458. The molecule has 0 saturated heterocycles. The number of nitrogens with zero attached hydrogens (tertiary/aromatic N) is 3. The van der Waals surface area contributed by atoms with Gasteiger partial charge in [-0.2, -0.15) is 0 Å². The molecule has 0 saturated carbocycles. The molecule has 1 amide bonds. The fourth-order valence-corrected chi connectivity index (χ4v) is 3.71. The van der Waals surface area contributed by atoms with E-state index in [2.05, 4.69) is 5.32 Å². The number of hydrogen-bond acceptors (Lipinski definition) is 5. The Labute approximate surface area is 184 Å². The maximum Gasteiger partial charge on any atom is 0.311 e. The number of fused-ring (bicyclic) bond motifs is 1. The Hall–Kier alpha value is -4.20. The highest BCUT2D eigenvalue weighted by molar-refractivity contribution is 5.95. The second-order valence-corrected chi connectivity index (χ2v) is 7.36. The molecule has 0 aliphatic carbocycles. The van der Waals surface area contributed by atoms with Gasteiger partial charge in [0, 0.05) is 25.1 Å². The minimum Gasteiger partial charge on any atom is -0.490 e.